The topological polar surface area (TPSA) is 99.1 Å². The molecule has 8 heteroatoms. The molecule has 0 heterocycles. The molecule has 0 aliphatic rings. The summed E-state index contributed by atoms with van der Waals surface area (Å²) in [7, 11) is 5.53. The van der Waals surface area contributed by atoms with Crippen LogP contribution in [0.5, 0.6) is 0 Å². The highest BCUT2D eigenvalue weighted by molar-refractivity contribution is 5.72. The molecule has 400 valence electrons. The van der Waals surface area contributed by atoms with Gasteiger partial charge in [0.25, 0.3) is 0 Å². The number of quaternary nitrogens is 1. The van der Waals surface area contributed by atoms with Crippen LogP contribution in [0.1, 0.15) is 226 Å². The summed E-state index contributed by atoms with van der Waals surface area (Å²) in [5.41, 5.74) is 0. The summed E-state index contributed by atoms with van der Waals surface area (Å²) in [5, 5.41) is 9.68. The number of unbranched alkanes of at least 4 members (excludes halogenated alkanes) is 20. The Balaban J connectivity index is 4.21. The summed E-state index contributed by atoms with van der Waals surface area (Å²) in [5.74, 6) is -1.48. The van der Waals surface area contributed by atoms with Crippen LogP contribution in [0.25, 0.3) is 0 Å². The minimum atomic E-state index is -0.878. The van der Waals surface area contributed by atoms with E-state index in [0.29, 0.717) is 19.3 Å². The van der Waals surface area contributed by atoms with Gasteiger partial charge in [0.15, 0.2) is 12.1 Å². The van der Waals surface area contributed by atoms with Gasteiger partial charge in [0.2, 0.25) is 0 Å². The minimum Gasteiger partial charge on any atom is -0.477 e. The third-order valence-electron chi connectivity index (χ3n) is 12.2. The van der Waals surface area contributed by atoms with Crippen LogP contribution in [0.3, 0.4) is 0 Å². The predicted octanol–water partition coefficient (Wildman–Crippen LogP) is 17.0. The van der Waals surface area contributed by atoms with Gasteiger partial charge in [-0.25, -0.2) is 4.79 Å². The van der Waals surface area contributed by atoms with Crippen LogP contribution in [0.4, 0.5) is 0 Å². The van der Waals surface area contributed by atoms with E-state index < -0.39 is 18.1 Å². The molecule has 0 amide bonds. The van der Waals surface area contributed by atoms with Crippen molar-refractivity contribution in [2.24, 2.45) is 0 Å². The molecule has 0 aliphatic carbocycles. The number of ether oxygens (including phenoxy) is 3. The highest BCUT2D eigenvalue weighted by Gasteiger charge is 2.31. The third-order valence-corrected chi connectivity index (χ3v) is 12.2. The Hall–Kier alpha value is -3.75. The van der Waals surface area contributed by atoms with Crippen LogP contribution in [0.15, 0.2) is 97.2 Å². The Morgan fingerprint density at radius 1 is 0.429 bits per heavy atom. The highest BCUT2D eigenvalue weighted by Crippen LogP contribution is 2.16. The van der Waals surface area contributed by atoms with Gasteiger partial charge >= 0.3 is 17.9 Å². The number of aliphatic carboxylic acids is 1. The number of carbonyl (C=O) groups is 3. The van der Waals surface area contributed by atoms with Crippen molar-refractivity contribution in [2.75, 3.05) is 41.0 Å². The Bertz CT molecular complexity index is 1460. The Labute approximate surface area is 430 Å². The van der Waals surface area contributed by atoms with Crippen LogP contribution < -0.4 is 0 Å². The molecule has 70 heavy (non-hydrogen) atoms. The van der Waals surface area contributed by atoms with E-state index in [0.717, 1.165) is 96.3 Å². The van der Waals surface area contributed by atoms with E-state index in [1.165, 1.54) is 96.3 Å². The average molecular weight is 978 g/mol. The van der Waals surface area contributed by atoms with Crippen molar-refractivity contribution in [3.63, 3.8) is 0 Å². The second kappa shape index (κ2) is 51.6. The van der Waals surface area contributed by atoms with Crippen molar-refractivity contribution in [3.8, 4) is 0 Å². The molecular formula is C62H106NO7+. The lowest BCUT2D eigenvalue weighted by Crippen LogP contribution is -2.50. The molecule has 0 fully saturated rings. The quantitative estimate of drug-likeness (QED) is 0.0281. The van der Waals surface area contributed by atoms with Gasteiger partial charge in [0.05, 0.1) is 34.4 Å². The average Bonchev–Trinajstić information content (AvgIpc) is 3.33. The second-order valence-electron chi connectivity index (χ2n) is 19.8. The van der Waals surface area contributed by atoms with Crippen LogP contribution in [-0.4, -0.2) is 80.6 Å². The van der Waals surface area contributed by atoms with Gasteiger partial charge in [-0.15, -0.1) is 0 Å². The first-order valence-corrected chi connectivity index (χ1v) is 28.3. The van der Waals surface area contributed by atoms with Gasteiger partial charge in [-0.3, -0.25) is 9.59 Å². The molecular weight excluding hydrogens is 871 g/mol. The monoisotopic (exact) mass is 977 g/mol. The number of nitrogens with zero attached hydrogens (tertiary/aromatic N) is 1. The SMILES string of the molecule is CC/C=C/C/C=C/C/C=C/C/C=C/C/C=C/CCCCCCCCCC(=O)OCC(COCCC(C(=O)O)[N+](C)(C)C)OC(=O)CCCCCCCCCCCCCCC/C=C/C/C=C/C/C=C/CC. The largest absolute Gasteiger partial charge is 0.477 e. The summed E-state index contributed by atoms with van der Waals surface area (Å²) >= 11 is 0. The Morgan fingerprint density at radius 3 is 1.11 bits per heavy atom. The van der Waals surface area contributed by atoms with E-state index >= 15 is 0 Å². The van der Waals surface area contributed by atoms with Crippen molar-refractivity contribution < 1.29 is 38.2 Å². The summed E-state index contributed by atoms with van der Waals surface area (Å²) in [6.07, 6.45) is 70.3. The van der Waals surface area contributed by atoms with E-state index in [4.69, 9.17) is 14.2 Å². The Kier molecular flexibility index (Phi) is 48.8. The molecule has 0 saturated heterocycles. The summed E-state index contributed by atoms with van der Waals surface area (Å²) in [6.45, 7) is 4.52. The van der Waals surface area contributed by atoms with E-state index in [9.17, 15) is 19.5 Å². The zero-order valence-corrected chi connectivity index (χ0v) is 45.7. The second-order valence-corrected chi connectivity index (χ2v) is 19.8. The molecule has 0 radical (unpaired) electrons. The third kappa shape index (κ3) is 49.2. The lowest BCUT2D eigenvalue weighted by molar-refractivity contribution is -0.887. The first-order chi connectivity index (χ1) is 34.1. The number of hydrogen-bond donors (Lipinski definition) is 1. The van der Waals surface area contributed by atoms with E-state index in [1.54, 1.807) is 0 Å². The lowest BCUT2D eigenvalue weighted by atomic mass is 10.0. The predicted molar refractivity (Wildman–Crippen MR) is 298 cm³/mol. The van der Waals surface area contributed by atoms with Gasteiger partial charge in [-0.2, -0.15) is 0 Å². The fraction of sp³-hybridized carbons (Fsp3) is 0.694. The van der Waals surface area contributed by atoms with Gasteiger partial charge in [0.1, 0.15) is 6.61 Å². The molecule has 1 N–H and O–H groups in total. The molecule has 0 spiro atoms. The molecule has 2 atom stereocenters. The summed E-state index contributed by atoms with van der Waals surface area (Å²) in [4.78, 5) is 37.3. The van der Waals surface area contributed by atoms with E-state index in [2.05, 4.69) is 111 Å². The van der Waals surface area contributed by atoms with Crippen LogP contribution in [-0.2, 0) is 28.6 Å². The summed E-state index contributed by atoms with van der Waals surface area (Å²) < 4.78 is 17.4. The normalized spacial score (nSPS) is 13.6. The molecule has 0 bridgehead atoms. The van der Waals surface area contributed by atoms with Crippen LogP contribution in [0, 0.1) is 0 Å². The number of likely N-dealkylation sites (N-methyl/N-ethyl adjacent to an activating group) is 1. The van der Waals surface area contributed by atoms with Crippen molar-refractivity contribution in [1.29, 1.82) is 0 Å². The molecule has 0 aromatic rings. The van der Waals surface area contributed by atoms with Gasteiger partial charge in [-0.05, 0) is 89.9 Å². The van der Waals surface area contributed by atoms with Crippen molar-refractivity contribution >= 4 is 17.9 Å². The van der Waals surface area contributed by atoms with Crippen molar-refractivity contribution in [2.45, 2.75) is 238 Å². The fourth-order valence-corrected chi connectivity index (χ4v) is 7.96. The zero-order chi connectivity index (χ0) is 51.3. The molecule has 0 aromatic carbocycles. The molecule has 2 unspecified atom stereocenters. The van der Waals surface area contributed by atoms with Gasteiger partial charge < -0.3 is 23.8 Å². The van der Waals surface area contributed by atoms with Gasteiger partial charge in [-0.1, -0.05) is 214 Å². The Morgan fingerprint density at radius 2 is 0.757 bits per heavy atom. The van der Waals surface area contributed by atoms with Crippen LogP contribution in [0.2, 0.25) is 0 Å². The van der Waals surface area contributed by atoms with E-state index in [1.807, 2.05) is 21.1 Å². The maximum atomic E-state index is 12.8. The molecule has 0 rings (SSSR count). The highest BCUT2D eigenvalue weighted by atomic mass is 16.6. The minimum absolute atomic E-state index is 0.0529. The summed E-state index contributed by atoms with van der Waals surface area (Å²) in [6, 6.07) is -0.622. The van der Waals surface area contributed by atoms with Crippen molar-refractivity contribution in [1.82, 2.24) is 0 Å². The van der Waals surface area contributed by atoms with E-state index in [-0.39, 0.29) is 36.2 Å². The number of allylic oxidation sites excluding steroid dienone is 16. The zero-order valence-electron chi connectivity index (χ0n) is 45.7. The number of rotatable bonds is 50. The number of esters is 2. The molecule has 0 saturated carbocycles. The first kappa shape index (κ1) is 66.2. The standard InChI is InChI=1S/C62H105NO7/c1-6-8-10-12-14-16-18-20-22-24-26-28-30-32-34-36-38-40-42-44-46-48-50-52-60(64)69-57-58(56-68-55-54-59(62(66)67)63(3,4)5)70-61(65)53-51-49-47-45-43-41-39-37-35-33-31-29-27-25-23-21-19-17-15-13-11-9-7-2/h8-11,14-17,20-23,26,28,32,34,58-59H,6-7,12-13,18-19,24-25,27,29-31,33,35-57H2,1-5H3/p+1/b10-8+,11-9+,16-14+,17-15+,22-20+,23-21+,28-26+,34-32+. The molecule has 8 nitrogen and oxygen atoms in total. The first-order valence-electron chi connectivity index (χ1n) is 28.3. The van der Waals surface area contributed by atoms with Gasteiger partial charge in [0, 0.05) is 19.3 Å². The fourth-order valence-electron chi connectivity index (χ4n) is 7.96. The number of carbonyl (C=O) groups excluding carboxylic acids is 2. The van der Waals surface area contributed by atoms with Crippen LogP contribution >= 0.6 is 0 Å². The number of hydrogen-bond acceptors (Lipinski definition) is 6. The smallest absolute Gasteiger partial charge is 0.362 e. The van der Waals surface area contributed by atoms with Crippen molar-refractivity contribution in [3.05, 3.63) is 97.2 Å². The number of carboxylic acid groups (broad SMARTS) is 1. The maximum absolute atomic E-state index is 12.8. The molecule has 0 aliphatic heterocycles. The molecule has 0 aromatic heterocycles. The number of carboxylic acids is 1. The maximum Gasteiger partial charge on any atom is 0.362 e. The lowest BCUT2D eigenvalue weighted by Gasteiger charge is -2.31.